The zero-order valence-corrected chi connectivity index (χ0v) is 24.4. The first-order valence-corrected chi connectivity index (χ1v) is 14.9. The molecular weight excluding hydrogens is 554 g/mol. The van der Waals surface area contributed by atoms with Gasteiger partial charge in [-0.25, -0.2) is 4.98 Å². The van der Waals surface area contributed by atoms with Gasteiger partial charge in [-0.1, -0.05) is 97.9 Å². The van der Waals surface area contributed by atoms with Crippen LogP contribution in [0.15, 0.2) is 100 Å². The average Bonchev–Trinajstić information content (AvgIpc) is 2.95. The molecule has 0 amide bonds. The van der Waals surface area contributed by atoms with E-state index in [1.807, 2.05) is 78.9 Å². The molecule has 4 aromatic rings. The number of H-pyrrole nitrogens is 1. The number of rotatable bonds is 7. The van der Waals surface area contributed by atoms with Crippen molar-refractivity contribution in [3.05, 3.63) is 128 Å². The van der Waals surface area contributed by atoms with E-state index in [0.717, 1.165) is 28.1 Å². The number of aromatic nitrogens is 2. The van der Waals surface area contributed by atoms with E-state index in [9.17, 15) is 9.59 Å². The van der Waals surface area contributed by atoms with Crippen molar-refractivity contribution < 1.29 is 9.53 Å². The maximum Gasteiger partial charge on any atom is 0.257 e. The third-order valence-corrected chi connectivity index (χ3v) is 8.78. The summed E-state index contributed by atoms with van der Waals surface area (Å²) in [4.78, 5) is 35.0. The van der Waals surface area contributed by atoms with E-state index in [0.29, 0.717) is 52.3 Å². The highest BCUT2D eigenvalue weighted by molar-refractivity contribution is 7.98. The smallest absolute Gasteiger partial charge is 0.257 e. The molecule has 2 heterocycles. The van der Waals surface area contributed by atoms with Gasteiger partial charge in [-0.3, -0.25) is 9.59 Å². The van der Waals surface area contributed by atoms with Gasteiger partial charge in [-0.05, 0) is 46.7 Å². The molecule has 208 valence electrons. The zero-order valence-electron chi connectivity index (χ0n) is 22.9. The van der Waals surface area contributed by atoms with E-state index >= 15 is 0 Å². The average molecular weight is 584 g/mol. The largest absolute Gasteiger partial charge is 0.489 e. The van der Waals surface area contributed by atoms with Crippen LogP contribution in [-0.4, -0.2) is 15.8 Å². The molecule has 0 unspecified atom stereocenters. The second-order valence-corrected chi connectivity index (χ2v) is 12.6. The third-order valence-electron chi connectivity index (χ3n) is 7.48. The standard InChI is InChI=1S/C33H30ClN3O3S/c1-33(2)16-25-28(26(38)17-33)27(21-12-14-23(15-13-21)40-18-20-8-4-3-5-9-20)29-30(35-25)36-32(37-31(29)39)41-19-22-10-6-7-11-24(22)34/h3-15,27H,16-19H2,1-2H3,(H2,35,36,37,39)/t27-/m0/s1. The molecule has 1 aliphatic carbocycles. The molecule has 6 rings (SSSR count). The van der Waals surface area contributed by atoms with Crippen molar-refractivity contribution >= 4 is 35.0 Å². The van der Waals surface area contributed by atoms with Crippen LogP contribution in [0.25, 0.3) is 0 Å². The zero-order chi connectivity index (χ0) is 28.6. The molecule has 0 spiro atoms. The van der Waals surface area contributed by atoms with Crippen molar-refractivity contribution in [1.29, 1.82) is 0 Å². The molecule has 2 N–H and O–H groups in total. The number of Topliss-reactive ketones (excluding diaryl/α,β-unsaturated/α-hetero) is 1. The quantitative estimate of drug-likeness (QED) is 0.173. The third kappa shape index (κ3) is 5.83. The van der Waals surface area contributed by atoms with Gasteiger partial charge in [0.25, 0.3) is 5.56 Å². The number of thioether (sulfide) groups is 1. The molecule has 6 nitrogen and oxygen atoms in total. The molecule has 0 bridgehead atoms. The molecule has 41 heavy (non-hydrogen) atoms. The van der Waals surface area contributed by atoms with Gasteiger partial charge >= 0.3 is 0 Å². The van der Waals surface area contributed by atoms with Crippen molar-refractivity contribution in [3.8, 4) is 5.75 Å². The van der Waals surface area contributed by atoms with E-state index < -0.39 is 5.92 Å². The van der Waals surface area contributed by atoms with Crippen molar-refractivity contribution in [2.24, 2.45) is 5.41 Å². The van der Waals surface area contributed by atoms with Crippen LogP contribution >= 0.6 is 23.4 Å². The molecule has 1 aromatic heterocycles. The Morgan fingerprint density at radius 3 is 2.46 bits per heavy atom. The number of ketones is 1. The molecular formula is C33H30ClN3O3S. The van der Waals surface area contributed by atoms with Crippen LogP contribution in [0.4, 0.5) is 5.82 Å². The summed E-state index contributed by atoms with van der Waals surface area (Å²) in [5.74, 6) is 1.31. The number of nitrogens with one attached hydrogen (secondary N) is 2. The van der Waals surface area contributed by atoms with Gasteiger partial charge in [-0.15, -0.1) is 0 Å². The van der Waals surface area contributed by atoms with E-state index in [1.165, 1.54) is 11.8 Å². The summed E-state index contributed by atoms with van der Waals surface area (Å²) in [7, 11) is 0. The van der Waals surface area contributed by atoms with Gasteiger partial charge < -0.3 is 15.0 Å². The Bertz CT molecular complexity index is 1700. The van der Waals surface area contributed by atoms with Crippen LogP contribution in [0.1, 0.15) is 54.9 Å². The fourth-order valence-electron chi connectivity index (χ4n) is 5.55. The maximum atomic E-state index is 13.6. The Morgan fingerprint density at radius 2 is 1.71 bits per heavy atom. The summed E-state index contributed by atoms with van der Waals surface area (Å²) < 4.78 is 5.99. The number of allylic oxidation sites excluding steroid dienone is 2. The highest BCUT2D eigenvalue weighted by atomic mass is 35.5. The summed E-state index contributed by atoms with van der Waals surface area (Å²) >= 11 is 7.75. The van der Waals surface area contributed by atoms with Gasteiger partial charge in [0.2, 0.25) is 0 Å². The molecule has 0 saturated carbocycles. The Labute approximate surface area is 248 Å². The molecule has 0 fully saturated rings. The first kappa shape index (κ1) is 27.4. The fraction of sp³-hybridized carbons (Fsp3) is 0.242. The summed E-state index contributed by atoms with van der Waals surface area (Å²) in [6.07, 6.45) is 1.12. The number of ether oxygens (including phenoxy) is 1. The van der Waals surface area contributed by atoms with Crippen LogP contribution in [-0.2, 0) is 17.2 Å². The maximum absolute atomic E-state index is 13.6. The lowest BCUT2D eigenvalue weighted by atomic mass is 9.69. The van der Waals surface area contributed by atoms with Crippen molar-refractivity contribution in [3.63, 3.8) is 0 Å². The number of carbonyl (C=O) groups is 1. The fourth-order valence-corrected chi connectivity index (χ4v) is 6.70. The van der Waals surface area contributed by atoms with Gasteiger partial charge in [0.05, 0.1) is 5.56 Å². The van der Waals surface area contributed by atoms with E-state index in [2.05, 4.69) is 24.1 Å². The number of fused-ring (bicyclic) bond motifs is 1. The van der Waals surface area contributed by atoms with Crippen molar-refractivity contribution in [2.45, 2.75) is 50.1 Å². The number of nitrogens with zero attached hydrogens (tertiary/aromatic N) is 1. The minimum absolute atomic E-state index is 0.0559. The minimum Gasteiger partial charge on any atom is -0.489 e. The van der Waals surface area contributed by atoms with Gasteiger partial charge in [-0.2, -0.15) is 0 Å². The molecule has 1 aliphatic heterocycles. The Hall–Kier alpha value is -3.81. The molecule has 3 aromatic carbocycles. The number of hydrogen-bond acceptors (Lipinski definition) is 6. The topological polar surface area (TPSA) is 84.1 Å². The number of anilines is 1. The first-order valence-electron chi connectivity index (χ1n) is 13.6. The number of hydrogen-bond donors (Lipinski definition) is 2. The lowest BCUT2D eigenvalue weighted by Gasteiger charge is -2.38. The monoisotopic (exact) mass is 583 g/mol. The Morgan fingerprint density at radius 1 is 0.976 bits per heavy atom. The summed E-state index contributed by atoms with van der Waals surface area (Å²) in [5.41, 5.74) is 4.39. The SMILES string of the molecule is CC1(C)CC(=O)C2=C(C1)Nc1nc(SCc3ccccc3Cl)[nH]c(=O)c1[C@H]2c1ccc(OCc2ccccc2)cc1. The summed E-state index contributed by atoms with van der Waals surface area (Å²) in [6, 6.07) is 25.3. The van der Waals surface area contributed by atoms with E-state index in [1.54, 1.807) is 0 Å². The highest BCUT2D eigenvalue weighted by Gasteiger charge is 2.42. The van der Waals surface area contributed by atoms with Crippen LogP contribution in [0.2, 0.25) is 5.02 Å². The second kappa shape index (κ2) is 11.2. The predicted octanol–water partition coefficient (Wildman–Crippen LogP) is 7.50. The minimum atomic E-state index is -0.521. The number of carbonyl (C=O) groups excluding carboxylic acids is 1. The number of aromatic amines is 1. The second-order valence-electron chi connectivity index (χ2n) is 11.2. The predicted molar refractivity (Wildman–Crippen MR) is 164 cm³/mol. The van der Waals surface area contributed by atoms with Crippen molar-refractivity contribution in [1.82, 2.24) is 9.97 Å². The summed E-state index contributed by atoms with van der Waals surface area (Å²) in [6.45, 7) is 4.64. The van der Waals surface area contributed by atoms with Crippen LogP contribution in [0.5, 0.6) is 5.75 Å². The highest BCUT2D eigenvalue weighted by Crippen LogP contribution is 2.48. The number of halogens is 1. The molecule has 8 heteroatoms. The van der Waals surface area contributed by atoms with Gasteiger partial charge in [0, 0.05) is 34.4 Å². The molecule has 2 aliphatic rings. The van der Waals surface area contributed by atoms with Crippen LogP contribution in [0, 0.1) is 5.41 Å². The van der Waals surface area contributed by atoms with Crippen LogP contribution in [0.3, 0.4) is 0 Å². The van der Waals surface area contributed by atoms with Gasteiger partial charge in [0.1, 0.15) is 18.2 Å². The molecule has 1 atom stereocenters. The van der Waals surface area contributed by atoms with E-state index in [-0.39, 0.29) is 16.8 Å². The van der Waals surface area contributed by atoms with Crippen molar-refractivity contribution in [2.75, 3.05) is 5.32 Å². The summed E-state index contributed by atoms with van der Waals surface area (Å²) in [5, 5.41) is 4.56. The van der Waals surface area contributed by atoms with Gasteiger partial charge in [0.15, 0.2) is 10.9 Å². The first-order chi connectivity index (χ1) is 19.8. The normalized spacial score (nSPS) is 17.4. The molecule has 0 saturated heterocycles. The Balaban J connectivity index is 1.34. The number of benzene rings is 3. The Kier molecular flexibility index (Phi) is 7.49. The lowest BCUT2D eigenvalue weighted by Crippen LogP contribution is -2.37. The lowest BCUT2D eigenvalue weighted by molar-refractivity contribution is -0.118. The van der Waals surface area contributed by atoms with Crippen LogP contribution < -0.4 is 15.6 Å². The van der Waals surface area contributed by atoms with E-state index in [4.69, 9.17) is 21.3 Å². The molecule has 0 radical (unpaired) electrons.